The summed E-state index contributed by atoms with van der Waals surface area (Å²) in [5, 5.41) is 0. The molecule has 1 atom stereocenters. The van der Waals surface area contributed by atoms with Gasteiger partial charge >= 0.3 is 0 Å². The standard InChI is InChI=1S/C10H19.HI.Zn/c1-10(2,3)9-7-5-4-6-8-9;;/h5,9H,4,6-8H2,1-3H3;1H;/p-1. The van der Waals surface area contributed by atoms with Crippen LogP contribution in [0.1, 0.15) is 46.5 Å². The van der Waals surface area contributed by atoms with Crippen molar-refractivity contribution in [3.63, 3.8) is 0 Å². The zero-order valence-corrected chi connectivity index (χ0v) is 13.7. The van der Waals surface area contributed by atoms with Crippen LogP contribution in [0.4, 0.5) is 0 Å². The average molecular weight is 332 g/mol. The van der Waals surface area contributed by atoms with Gasteiger partial charge in [0.25, 0.3) is 0 Å². The Labute approximate surface area is 107 Å². The molecule has 0 amide bonds. The zero-order chi connectivity index (χ0) is 7.61. The summed E-state index contributed by atoms with van der Waals surface area (Å²) in [6.07, 6.45) is 8.03. The molecule has 0 heterocycles. The van der Waals surface area contributed by atoms with Crippen LogP contribution in [0.2, 0.25) is 0 Å². The number of halogens is 1. The first kappa shape index (κ1) is 15.8. The monoisotopic (exact) mass is 330 g/mol. The molecule has 1 unspecified atom stereocenters. The Bertz CT molecular complexity index is 101. The quantitative estimate of drug-likeness (QED) is 0.446. The van der Waals surface area contributed by atoms with Crippen LogP contribution in [0.15, 0.2) is 0 Å². The molecule has 1 aliphatic rings. The van der Waals surface area contributed by atoms with Gasteiger partial charge in [-0.2, -0.15) is 0 Å². The van der Waals surface area contributed by atoms with Crippen LogP contribution < -0.4 is 24.0 Å². The first-order valence-electron chi connectivity index (χ1n) is 4.42. The van der Waals surface area contributed by atoms with Gasteiger partial charge in [-0.15, -0.1) is 0 Å². The zero-order valence-electron chi connectivity index (χ0n) is 8.57. The van der Waals surface area contributed by atoms with Crippen LogP contribution in [0.5, 0.6) is 0 Å². The van der Waals surface area contributed by atoms with Crippen molar-refractivity contribution < 1.29 is 43.5 Å². The third-order valence-corrected chi connectivity index (χ3v) is 2.64. The largest absolute Gasteiger partial charge is 1.00 e. The van der Waals surface area contributed by atoms with Gasteiger partial charge in [-0.1, -0.05) is 33.6 Å². The van der Waals surface area contributed by atoms with Crippen LogP contribution in [-0.4, -0.2) is 0 Å². The molecule has 2 heteroatoms. The Morgan fingerprint density at radius 1 is 1.25 bits per heavy atom. The van der Waals surface area contributed by atoms with E-state index in [-0.39, 0.29) is 43.5 Å². The minimum atomic E-state index is 0. The SMILES string of the molecule is CC(C)(C)C1C[CH]CCC1.[I-].[Zn]. The van der Waals surface area contributed by atoms with Gasteiger partial charge in [0.2, 0.25) is 0 Å². The second kappa shape index (κ2) is 6.76. The summed E-state index contributed by atoms with van der Waals surface area (Å²) in [6.45, 7) is 7.07. The van der Waals surface area contributed by atoms with Crippen molar-refractivity contribution in [2.24, 2.45) is 11.3 Å². The topological polar surface area (TPSA) is 0 Å². The Balaban J connectivity index is 0. The van der Waals surface area contributed by atoms with Crippen molar-refractivity contribution in [3.8, 4) is 0 Å². The van der Waals surface area contributed by atoms with Crippen LogP contribution >= 0.6 is 0 Å². The maximum absolute atomic E-state index is 2.46. The van der Waals surface area contributed by atoms with E-state index in [1.807, 2.05) is 0 Å². The third kappa shape index (κ3) is 5.16. The van der Waals surface area contributed by atoms with E-state index in [0.29, 0.717) is 5.41 Å². The molecule has 1 aliphatic carbocycles. The molecule has 1 saturated carbocycles. The number of hydrogen-bond acceptors (Lipinski definition) is 0. The summed E-state index contributed by atoms with van der Waals surface area (Å²) in [5.41, 5.74) is 0.539. The van der Waals surface area contributed by atoms with Crippen LogP contribution in [0.25, 0.3) is 0 Å². The summed E-state index contributed by atoms with van der Waals surface area (Å²) < 4.78 is 0. The molecule has 0 aromatic carbocycles. The second-order valence-electron chi connectivity index (χ2n) is 4.52. The molecule has 1 rings (SSSR count). The number of rotatable bonds is 0. The molecule has 0 aromatic rings. The molecule has 0 bridgehead atoms. The predicted molar refractivity (Wildman–Crippen MR) is 45.7 cm³/mol. The summed E-state index contributed by atoms with van der Waals surface area (Å²) in [5.74, 6) is 0.946. The first-order valence-corrected chi connectivity index (χ1v) is 4.42. The fraction of sp³-hybridized carbons (Fsp3) is 0.900. The van der Waals surface area contributed by atoms with E-state index in [4.69, 9.17) is 0 Å². The minimum Gasteiger partial charge on any atom is -1.00 e. The average Bonchev–Trinajstić information content (AvgIpc) is 1.88. The molecule has 12 heavy (non-hydrogen) atoms. The molecular weight excluding hydrogens is 312 g/mol. The molecule has 0 nitrogen and oxygen atoms in total. The maximum atomic E-state index is 2.46. The van der Waals surface area contributed by atoms with Crippen molar-refractivity contribution in [2.75, 3.05) is 0 Å². The van der Waals surface area contributed by atoms with E-state index in [0.717, 1.165) is 5.92 Å². The Hall–Kier alpha value is 1.35. The Kier molecular flexibility index (Phi) is 8.90. The van der Waals surface area contributed by atoms with Gasteiger partial charge in [-0.25, -0.2) is 0 Å². The Morgan fingerprint density at radius 3 is 2.08 bits per heavy atom. The van der Waals surface area contributed by atoms with Crippen LogP contribution in [0.3, 0.4) is 0 Å². The van der Waals surface area contributed by atoms with Gasteiger partial charge in [0.1, 0.15) is 0 Å². The van der Waals surface area contributed by atoms with Gasteiger partial charge in [-0.05, 0) is 30.6 Å². The summed E-state index contributed by atoms with van der Waals surface area (Å²) in [4.78, 5) is 0. The van der Waals surface area contributed by atoms with Crippen molar-refractivity contribution in [1.82, 2.24) is 0 Å². The van der Waals surface area contributed by atoms with Crippen molar-refractivity contribution in [2.45, 2.75) is 46.5 Å². The Morgan fingerprint density at radius 2 is 1.83 bits per heavy atom. The molecule has 0 N–H and O–H groups in total. The smallest absolute Gasteiger partial charge is 0 e. The first-order chi connectivity index (χ1) is 4.61. The van der Waals surface area contributed by atoms with E-state index in [1.165, 1.54) is 25.7 Å². The van der Waals surface area contributed by atoms with Gasteiger partial charge in [0, 0.05) is 19.5 Å². The third-order valence-electron chi connectivity index (χ3n) is 2.64. The van der Waals surface area contributed by atoms with Gasteiger partial charge in [0.05, 0.1) is 0 Å². The fourth-order valence-corrected chi connectivity index (χ4v) is 1.73. The van der Waals surface area contributed by atoms with Crippen molar-refractivity contribution >= 4 is 0 Å². The molecular formula is C10H19IZn-. The summed E-state index contributed by atoms with van der Waals surface area (Å²) >= 11 is 0. The molecule has 69 valence electrons. The van der Waals surface area contributed by atoms with E-state index >= 15 is 0 Å². The van der Waals surface area contributed by atoms with E-state index in [9.17, 15) is 0 Å². The van der Waals surface area contributed by atoms with Crippen molar-refractivity contribution in [1.29, 1.82) is 0 Å². The minimum absolute atomic E-state index is 0. The van der Waals surface area contributed by atoms with Crippen molar-refractivity contribution in [3.05, 3.63) is 6.42 Å². The molecule has 1 fully saturated rings. The molecule has 0 spiro atoms. The van der Waals surface area contributed by atoms with Gasteiger partial charge < -0.3 is 24.0 Å². The summed E-state index contributed by atoms with van der Waals surface area (Å²) in [6, 6.07) is 0. The maximum Gasteiger partial charge on any atom is 0 e. The normalized spacial score (nSPS) is 19.2. The van der Waals surface area contributed by atoms with Gasteiger partial charge in [0.15, 0.2) is 0 Å². The second-order valence-corrected chi connectivity index (χ2v) is 4.52. The molecule has 0 aromatic heterocycles. The van der Waals surface area contributed by atoms with Crippen LogP contribution in [0, 0.1) is 17.8 Å². The van der Waals surface area contributed by atoms with Gasteiger partial charge in [-0.3, -0.25) is 0 Å². The molecule has 0 saturated heterocycles. The van der Waals surface area contributed by atoms with E-state index < -0.39 is 0 Å². The molecule has 1 radical (unpaired) electrons. The predicted octanol–water partition coefficient (Wildman–Crippen LogP) is 0.428. The van der Waals surface area contributed by atoms with Crippen LogP contribution in [-0.2, 0) is 19.5 Å². The summed E-state index contributed by atoms with van der Waals surface area (Å²) in [7, 11) is 0. The van der Waals surface area contributed by atoms with E-state index in [2.05, 4.69) is 27.2 Å². The number of hydrogen-bond donors (Lipinski definition) is 0. The fourth-order valence-electron chi connectivity index (χ4n) is 1.73. The van der Waals surface area contributed by atoms with E-state index in [1.54, 1.807) is 0 Å². The molecule has 0 aliphatic heterocycles.